The maximum Gasteiger partial charge on any atom is 0.412 e. The second kappa shape index (κ2) is 10.00. The second-order valence-corrected chi connectivity index (χ2v) is 9.47. The van der Waals surface area contributed by atoms with E-state index in [1.54, 1.807) is 25.4 Å². The number of allylic oxidation sites excluding steroid dienone is 9. The lowest BCUT2D eigenvalue weighted by Gasteiger charge is -2.32. The lowest BCUT2D eigenvalue weighted by molar-refractivity contribution is -0.140. The summed E-state index contributed by atoms with van der Waals surface area (Å²) in [5.41, 5.74) is 3.24. The summed E-state index contributed by atoms with van der Waals surface area (Å²) in [7, 11) is 0. The maximum absolute atomic E-state index is 14.2. The lowest BCUT2D eigenvalue weighted by Crippen LogP contribution is -2.41. The molecule has 8 heteroatoms. The average molecular weight is 508 g/mol. The van der Waals surface area contributed by atoms with Gasteiger partial charge >= 0.3 is 6.18 Å². The summed E-state index contributed by atoms with van der Waals surface area (Å²) < 4.78 is 41.2. The van der Waals surface area contributed by atoms with Crippen molar-refractivity contribution >= 4 is 17.4 Å². The van der Waals surface area contributed by atoms with Gasteiger partial charge in [-0.05, 0) is 86.4 Å². The highest BCUT2D eigenvalue weighted by Crippen LogP contribution is 2.43. The summed E-state index contributed by atoms with van der Waals surface area (Å²) in [6.07, 6.45) is 11.7. The minimum absolute atomic E-state index is 0.0406. The number of carbonyl (C=O) groups excluding carboxylic acids is 2. The van der Waals surface area contributed by atoms with Crippen molar-refractivity contribution in [3.63, 3.8) is 0 Å². The molecule has 1 aromatic heterocycles. The fraction of sp³-hybridized carbons (Fsp3) is 0.345. The summed E-state index contributed by atoms with van der Waals surface area (Å²) in [6.45, 7) is 2.06. The van der Waals surface area contributed by atoms with Crippen molar-refractivity contribution in [1.82, 2.24) is 14.8 Å². The van der Waals surface area contributed by atoms with Crippen LogP contribution in [-0.2, 0) is 9.59 Å². The Labute approximate surface area is 214 Å². The van der Waals surface area contributed by atoms with Crippen molar-refractivity contribution in [2.75, 3.05) is 6.54 Å². The second-order valence-electron chi connectivity index (χ2n) is 9.47. The smallest absolute Gasteiger partial charge is 0.313 e. The van der Waals surface area contributed by atoms with E-state index in [2.05, 4.69) is 4.98 Å². The van der Waals surface area contributed by atoms with E-state index < -0.39 is 23.6 Å². The minimum atomic E-state index is -4.50. The van der Waals surface area contributed by atoms with Crippen molar-refractivity contribution in [3.8, 4) is 0 Å². The van der Waals surface area contributed by atoms with Gasteiger partial charge in [0.25, 0.3) is 0 Å². The minimum Gasteiger partial charge on any atom is -0.313 e. The number of aromatic nitrogens is 1. The van der Waals surface area contributed by atoms with Gasteiger partial charge in [-0.2, -0.15) is 13.2 Å². The van der Waals surface area contributed by atoms with E-state index in [-0.39, 0.29) is 31.0 Å². The van der Waals surface area contributed by atoms with E-state index in [9.17, 15) is 22.8 Å². The van der Waals surface area contributed by atoms with Crippen molar-refractivity contribution < 1.29 is 22.8 Å². The van der Waals surface area contributed by atoms with Crippen LogP contribution in [0.1, 0.15) is 51.0 Å². The van der Waals surface area contributed by atoms with Gasteiger partial charge in [0.05, 0.1) is 5.70 Å². The predicted octanol–water partition coefficient (Wildman–Crippen LogP) is 6.22. The van der Waals surface area contributed by atoms with Gasteiger partial charge in [-0.1, -0.05) is 24.3 Å². The van der Waals surface area contributed by atoms with E-state index in [0.717, 1.165) is 23.6 Å². The van der Waals surface area contributed by atoms with Gasteiger partial charge in [0.2, 0.25) is 11.8 Å². The molecule has 0 saturated heterocycles. The molecule has 1 aromatic rings. The molecule has 2 amide bonds. The number of pyridine rings is 1. The molecule has 0 aromatic carbocycles. The molecule has 0 N–H and O–H groups in total. The Kier molecular flexibility index (Phi) is 6.75. The summed E-state index contributed by atoms with van der Waals surface area (Å²) in [5, 5.41) is 0. The van der Waals surface area contributed by atoms with E-state index in [1.807, 2.05) is 36.4 Å². The molecule has 37 heavy (non-hydrogen) atoms. The van der Waals surface area contributed by atoms with Gasteiger partial charge in [0.1, 0.15) is 5.92 Å². The summed E-state index contributed by atoms with van der Waals surface area (Å²) in [6, 6.07) is 3.83. The lowest BCUT2D eigenvalue weighted by atomic mass is 9.85. The van der Waals surface area contributed by atoms with Crippen LogP contribution in [0.2, 0.25) is 0 Å². The number of hydrogen-bond acceptors (Lipinski definition) is 3. The zero-order valence-electron chi connectivity index (χ0n) is 20.6. The quantitative estimate of drug-likeness (QED) is 0.455. The van der Waals surface area contributed by atoms with Gasteiger partial charge < -0.3 is 4.90 Å². The Balaban J connectivity index is 1.61. The molecule has 0 bridgehead atoms. The Hall–Kier alpha value is -3.68. The van der Waals surface area contributed by atoms with E-state index >= 15 is 0 Å². The zero-order valence-corrected chi connectivity index (χ0v) is 20.6. The van der Waals surface area contributed by atoms with Crippen molar-refractivity contribution in [1.29, 1.82) is 0 Å². The zero-order chi connectivity index (χ0) is 26.2. The first-order chi connectivity index (χ1) is 17.8. The number of rotatable bonds is 4. The fourth-order valence-electron chi connectivity index (χ4n) is 5.43. The van der Waals surface area contributed by atoms with Crippen LogP contribution >= 0.6 is 0 Å². The Bertz CT molecular complexity index is 1300. The van der Waals surface area contributed by atoms with Crippen molar-refractivity contribution in [2.24, 2.45) is 5.92 Å². The van der Waals surface area contributed by atoms with Gasteiger partial charge in [0.15, 0.2) is 0 Å². The molecular formula is C29H28F3N3O2. The van der Waals surface area contributed by atoms with E-state index in [1.165, 1.54) is 9.80 Å². The number of halogens is 3. The molecule has 2 heterocycles. The number of nitrogens with zero attached hydrogens (tertiary/aromatic N) is 3. The highest BCUT2D eigenvalue weighted by atomic mass is 19.4. The summed E-state index contributed by atoms with van der Waals surface area (Å²) in [5.74, 6) is -1.98. The predicted molar refractivity (Wildman–Crippen MR) is 134 cm³/mol. The van der Waals surface area contributed by atoms with Gasteiger partial charge in [-0.25, -0.2) is 0 Å². The van der Waals surface area contributed by atoms with Gasteiger partial charge in [-0.3, -0.25) is 19.5 Å². The first-order valence-corrected chi connectivity index (χ1v) is 12.6. The molecule has 4 aliphatic rings. The first-order valence-electron chi connectivity index (χ1n) is 12.6. The van der Waals surface area contributed by atoms with Crippen LogP contribution in [0.15, 0.2) is 89.2 Å². The molecular weight excluding hydrogens is 479 g/mol. The van der Waals surface area contributed by atoms with Gasteiger partial charge in [0, 0.05) is 35.9 Å². The highest BCUT2D eigenvalue weighted by molar-refractivity contribution is 6.06. The molecule has 192 valence electrons. The molecule has 0 spiro atoms. The third-order valence-corrected chi connectivity index (χ3v) is 7.30. The topological polar surface area (TPSA) is 53.5 Å². The van der Waals surface area contributed by atoms with Crippen LogP contribution in [0.25, 0.3) is 5.57 Å². The number of amides is 2. The standard InChI is InChI=1S/C29H28F3N3O2/c1-2-34-24-13-12-22(29(30,31)32)18-25(24)35(23-6-4-3-5-7-23)28(37)26(27(34)36)21-10-8-19(9-11-21)20-14-16-33-17-15-20/h4,6-8,10,14-18,26H,2-3,5,9,11-13H2,1H3. The summed E-state index contributed by atoms with van der Waals surface area (Å²) in [4.78, 5) is 35.0. The molecule has 5 rings (SSSR count). The normalized spacial score (nSPS) is 22.8. The van der Waals surface area contributed by atoms with Crippen LogP contribution < -0.4 is 0 Å². The maximum atomic E-state index is 14.2. The molecule has 3 aliphatic carbocycles. The molecule has 1 unspecified atom stereocenters. The fourth-order valence-corrected chi connectivity index (χ4v) is 5.43. The monoisotopic (exact) mass is 507 g/mol. The Morgan fingerprint density at radius 3 is 2.41 bits per heavy atom. The molecule has 0 radical (unpaired) electrons. The largest absolute Gasteiger partial charge is 0.412 e. The van der Waals surface area contributed by atoms with Crippen molar-refractivity contribution in [3.05, 3.63) is 94.8 Å². The SMILES string of the molecule is CCN1C(=O)C(C2=CC=C(c3ccncc3)CC2)C(=O)N(C2=CCCC=C2)C2=C1CCC(C(F)(F)F)=C2. The van der Waals surface area contributed by atoms with Crippen LogP contribution in [0.4, 0.5) is 13.2 Å². The number of hydrogen-bond donors (Lipinski definition) is 0. The molecule has 0 fully saturated rings. The van der Waals surface area contributed by atoms with E-state index in [0.29, 0.717) is 36.2 Å². The number of alkyl halides is 3. The molecule has 5 nitrogen and oxygen atoms in total. The summed E-state index contributed by atoms with van der Waals surface area (Å²) >= 11 is 0. The Morgan fingerprint density at radius 2 is 1.78 bits per heavy atom. The first kappa shape index (κ1) is 25.0. The molecule has 1 atom stereocenters. The molecule has 1 aliphatic heterocycles. The third kappa shape index (κ3) is 4.72. The average Bonchev–Trinajstić information content (AvgIpc) is 3.00. The Morgan fingerprint density at radius 1 is 1.00 bits per heavy atom. The highest BCUT2D eigenvalue weighted by Gasteiger charge is 2.46. The van der Waals surface area contributed by atoms with Crippen molar-refractivity contribution in [2.45, 2.75) is 51.6 Å². The van der Waals surface area contributed by atoms with Crippen LogP contribution in [0.3, 0.4) is 0 Å². The van der Waals surface area contributed by atoms with Crippen LogP contribution in [0.5, 0.6) is 0 Å². The molecule has 0 saturated carbocycles. The number of carbonyl (C=O) groups is 2. The van der Waals surface area contributed by atoms with Crippen LogP contribution in [0, 0.1) is 5.92 Å². The van der Waals surface area contributed by atoms with Crippen LogP contribution in [-0.4, -0.2) is 39.3 Å². The van der Waals surface area contributed by atoms with E-state index in [4.69, 9.17) is 0 Å². The van der Waals surface area contributed by atoms with Gasteiger partial charge in [-0.15, -0.1) is 0 Å². The third-order valence-electron chi connectivity index (χ3n) is 7.30.